The van der Waals surface area contributed by atoms with E-state index in [-0.39, 0.29) is 0 Å². The maximum absolute atomic E-state index is 11.7. The molecule has 0 fully saturated rings. The molecule has 1 heterocycles. The Morgan fingerprint density at radius 1 is 1.12 bits per heavy atom. The van der Waals surface area contributed by atoms with Crippen LogP contribution >= 0.6 is 23.1 Å². The van der Waals surface area contributed by atoms with Crippen molar-refractivity contribution in [1.29, 1.82) is 0 Å². The van der Waals surface area contributed by atoms with Crippen molar-refractivity contribution < 1.29 is 19.4 Å². The van der Waals surface area contributed by atoms with E-state index in [0.717, 1.165) is 27.2 Å². The number of carbonyl (C=O) groups is 1. The van der Waals surface area contributed by atoms with Crippen molar-refractivity contribution >= 4 is 39.2 Å². The SMILES string of the molecule is COc1cc2sc(C(=O)O)c(SCCc3ccccc3)c2cc1OC. The first kappa shape index (κ1) is 17.6. The normalized spacial score (nSPS) is 10.8. The molecule has 3 rings (SSSR count). The summed E-state index contributed by atoms with van der Waals surface area (Å²) in [5.41, 5.74) is 1.24. The molecule has 25 heavy (non-hydrogen) atoms. The first-order valence-electron chi connectivity index (χ1n) is 7.72. The van der Waals surface area contributed by atoms with E-state index in [2.05, 4.69) is 12.1 Å². The number of benzene rings is 2. The Hall–Kier alpha value is -2.18. The predicted molar refractivity (Wildman–Crippen MR) is 103 cm³/mol. The van der Waals surface area contributed by atoms with Gasteiger partial charge in [0.15, 0.2) is 11.5 Å². The molecular weight excluding hydrogens is 356 g/mol. The summed E-state index contributed by atoms with van der Waals surface area (Å²) in [5.74, 6) is 1.12. The molecule has 1 aromatic heterocycles. The highest BCUT2D eigenvalue weighted by Gasteiger charge is 2.20. The molecule has 6 heteroatoms. The van der Waals surface area contributed by atoms with Gasteiger partial charge in [-0.05, 0) is 18.1 Å². The minimum atomic E-state index is -0.902. The van der Waals surface area contributed by atoms with E-state index >= 15 is 0 Å². The van der Waals surface area contributed by atoms with E-state index in [9.17, 15) is 9.90 Å². The Balaban J connectivity index is 1.93. The Labute approximate surface area is 154 Å². The summed E-state index contributed by atoms with van der Waals surface area (Å²) in [6.45, 7) is 0. The van der Waals surface area contributed by atoms with Crippen LogP contribution in [0.15, 0.2) is 47.4 Å². The average Bonchev–Trinajstić information content (AvgIpc) is 2.99. The van der Waals surface area contributed by atoms with Crippen LogP contribution in [0.2, 0.25) is 0 Å². The van der Waals surface area contributed by atoms with Gasteiger partial charge in [0.25, 0.3) is 0 Å². The molecule has 4 nitrogen and oxygen atoms in total. The molecule has 3 aromatic rings. The van der Waals surface area contributed by atoms with Crippen molar-refractivity contribution in [3.63, 3.8) is 0 Å². The largest absolute Gasteiger partial charge is 0.493 e. The lowest BCUT2D eigenvalue weighted by molar-refractivity contribution is 0.0699. The lowest BCUT2D eigenvalue weighted by Crippen LogP contribution is -1.95. The molecule has 0 unspecified atom stereocenters. The molecule has 0 bridgehead atoms. The summed E-state index contributed by atoms with van der Waals surface area (Å²) in [6, 6.07) is 13.9. The number of fused-ring (bicyclic) bond motifs is 1. The lowest BCUT2D eigenvalue weighted by Gasteiger charge is -2.08. The Bertz CT molecular complexity index is 887. The first-order chi connectivity index (χ1) is 12.1. The molecule has 0 saturated heterocycles. The number of rotatable bonds is 7. The number of ether oxygens (including phenoxy) is 2. The zero-order chi connectivity index (χ0) is 17.8. The van der Waals surface area contributed by atoms with Crippen LogP contribution in [-0.4, -0.2) is 31.0 Å². The van der Waals surface area contributed by atoms with Gasteiger partial charge in [-0.2, -0.15) is 0 Å². The van der Waals surface area contributed by atoms with Gasteiger partial charge in [0.05, 0.1) is 14.2 Å². The van der Waals surface area contributed by atoms with Gasteiger partial charge in [-0.1, -0.05) is 30.3 Å². The highest BCUT2D eigenvalue weighted by Crippen LogP contribution is 2.43. The number of carboxylic acids is 1. The molecule has 0 aliphatic carbocycles. The van der Waals surface area contributed by atoms with Crippen LogP contribution in [0.5, 0.6) is 11.5 Å². The molecule has 130 valence electrons. The number of methoxy groups -OCH3 is 2. The van der Waals surface area contributed by atoms with E-state index in [0.29, 0.717) is 16.4 Å². The molecule has 2 aromatic carbocycles. The average molecular weight is 374 g/mol. The van der Waals surface area contributed by atoms with Crippen LogP contribution in [0.4, 0.5) is 0 Å². The van der Waals surface area contributed by atoms with Crippen molar-refractivity contribution in [1.82, 2.24) is 0 Å². The summed E-state index contributed by atoms with van der Waals surface area (Å²) < 4.78 is 11.6. The summed E-state index contributed by atoms with van der Waals surface area (Å²) in [7, 11) is 3.15. The van der Waals surface area contributed by atoms with Gasteiger partial charge in [-0.25, -0.2) is 4.79 Å². The quantitative estimate of drug-likeness (QED) is 0.593. The van der Waals surface area contributed by atoms with Crippen LogP contribution in [0, 0.1) is 0 Å². The number of carboxylic acid groups (broad SMARTS) is 1. The van der Waals surface area contributed by atoms with Crippen LogP contribution in [0.1, 0.15) is 15.2 Å². The standard InChI is InChI=1S/C19H18O4S2/c1-22-14-10-13-16(11-15(14)23-2)25-18(19(20)21)17(13)24-9-8-12-6-4-3-5-7-12/h3-7,10-11H,8-9H2,1-2H3,(H,20,21). The van der Waals surface area contributed by atoms with Gasteiger partial charge < -0.3 is 14.6 Å². The third kappa shape index (κ3) is 3.75. The van der Waals surface area contributed by atoms with E-state index in [1.165, 1.54) is 16.9 Å². The zero-order valence-corrected chi connectivity index (χ0v) is 15.6. The predicted octanol–water partition coefficient (Wildman–Crippen LogP) is 4.95. The summed E-state index contributed by atoms with van der Waals surface area (Å²) in [6.07, 6.45) is 0.884. The number of hydrogen-bond acceptors (Lipinski definition) is 5. The van der Waals surface area contributed by atoms with E-state index in [4.69, 9.17) is 9.47 Å². The summed E-state index contributed by atoms with van der Waals surface area (Å²) in [5, 5.41) is 10.5. The first-order valence-corrected chi connectivity index (χ1v) is 9.52. The summed E-state index contributed by atoms with van der Waals surface area (Å²) in [4.78, 5) is 12.8. The van der Waals surface area contributed by atoms with Crippen molar-refractivity contribution in [2.45, 2.75) is 11.3 Å². The molecule has 0 aliphatic heterocycles. The van der Waals surface area contributed by atoms with E-state index < -0.39 is 5.97 Å². The minimum absolute atomic E-state index is 0.364. The van der Waals surface area contributed by atoms with Gasteiger partial charge in [0.2, 0.25) is 0 Å². The molecule has 0 saturated carbocycles. The lowest BCUT2D eigenvalue weighted by atomic mass is 10.2. The molecule has 1 N–H and O–H groups in total. The van der Waals surface area contributed by atoms with Crippen molar-refractivity contribution in [3.05, 3.63) is 52.9 Å². The second-order valence-electron chi connectivity index (χ2n) is 5.35. The second-order valence-corrected chi connectivity index (χ2v) is 7.51. The number of aromatic carboxylic acids is 1. The number of hydrogen-bond donors (Lipinski definition) is 1. The van der Waals surface area contributed by atoms with Gasteiger partial charge in [0, 0.05) is 26.8 Å². The monoisotopic (exact) mass is 374 g/mol. The fourth-order valence-electron chi connectivity index (χ4n) is 2.60. The Morgan fingerprint density at radius 3 is 2.44 bits per heavy atom. The summed E-state index contributed by atoms with van der Waals surface area (Å²) >= 11 is 2.84. The van der Waals surface area contributed by atoms with Crippen LogP contribution in [0.25, 0.3) is 10.1 Å². The van der Waals surface area contributed by atoms with Gasteiger partial charge >= 0.3 is 5.97 Å². The molecule has 0 radical (unpaired) electrons. The number of thioether (sulfide) groups is 1. The molecular formula is C19H18O4S2. The fourth-order valence-corrected chi connectivity index (χ4v) is 5.00. The number of aryl methyl sites for hydroxylation is 1. The molecule has 0 aliphatic rings. The third-order valence-electron chi connectivity index (χ3n) is 3.82. The van der Waals surface area contributed by atoms with Gasteiger partial charge in [-0.15, -0.1) is 23.1 Å². The highest BCUT2D eigenvalue weighted by atomic mass is 32.2. The smallest absolute Gasteiger partial charge is 0.347 e. The second kappa shape index (κ2) is 7.80. The zero-order valence-electron chi connectivity index (χ0n) is 13.9. The molecule has 0 spiro atoms. The molecule has 0 atom stereocenters. The third-order valence-corrected chi connectivity index (χ3v) is 6.21. The van der Waals surface area contributed by atoms with Crippen molar-refractivity contribution in [2.75, 3.05) is 20.0 Å². The van der Waals surface area contributed by atoms with Crippen LogP contribution in [-0.2, 0) is 6.42 Å². The maximum atomic E-state index is 11.7. The maximum Gasteiger partial charge on any atom is 0.347 e. The Kier molecular flexibility index (Phi) is 5.50. The van der Waals surface area contributed by atoms with Crippen molar-refractivity contribution in [2.24, 2.45) is 0 Å². The van der Waals surface area contributed by atoms with E-state index in [1.54, 1.807) is 26.0 Å². The van der Waals surface area contributed by atoms with Crippen LogP contribution < -0.4 is 9.47 Å². The number of thiophene rings is 1. The van der Waals surface area contributed by atoms with Crippen LogP contribution in [0.3, 0.4) is 0 Å². The topological polar surface area (TPSA) is 55.8 Å². The van der Waals surface area contributed by atoms with Crippen molar-refractivity contribution in [3.8, 4) is 11.5 Å². The Morgan fingerprint density at radius 2 is 1.80 bits per heavy atom. The van der Waals surface area contributed by atoms with E-state index in [1.807, 2.05) is 30.3 Å². The minimum Gasteiger partial charge on any atom is -0.493 e. The highest BCUT2D eigenvalue weighted by molar-refractivity contribution is 7.99. The van der Waals surface area contributed by atoms with Gasteiger partial charge in [0.1, 0.15) is 4.88 Å². The van der Waals surface area contributed by atoms with Gasteiger partial charge in [-0.3, -0.25) is 0 Å². The molecule has 0 amide bonds. The fraction of sp³-hybridized carbons (Fsp3) is 0.211.